The Kier molecular flexibility index (Phi) is 1.46. The van der Waals surface area contributed by atoms with E-state index in [9.17, 15) is 0 Å². The summed E-state index contributed by atoms with van der Waals surface area (Å²) in [6.45, 7) is 1.99. The van der Waals surface area contributed by atoms with Gasteiger partial charge in [-0.25, -0.2) is 4.98 Å². The van der Waals surface area contributed by atoms with E-state index in [0.29, 0.717) is 0 Å². The number of hydrogen-bond acceptors (Lipinski definition) is 1. The van der Waals surface area contributed by atoms with Crippen LogP contribution in [0, 0.1) is 6.92 Å². The van der Waals surface area contributed by atoms with Crippen LogP contribution >= 0.6 is 15.9 Å². The molecule has 0 atom stereocenters. The zero-order valence-corrected chi connectivity index (χ0v) is 7.67. The number of halogens is 1. The molecule has 0 bridgehead atoms. The van der Waals surface area contributed by atoms with Crippen molar-refractivity contribution in [1.29, 1.82) is 0 Å². The number of fused-ring (bicyclic) bond motifs is 1. The Bertz CT molecular complexity index is 392. The molecule has 2 aromatic heterocycles. The fourth-order valence-electron chi connectivity index (χ4n) is 1.12. The van der Waals surface area contributed by atoms with Crippen molar-refractivity contribution >= 4 is 21.4 Å². The predicted octanol–water partition coefficient (Wildman–Crippen LogP) is 2.41. The Labute approximate surface area is 73.0 Å². The van der Waals surface area contributed by atoms with Crippen molar-refractivity contribution in [3.63, 3.8) is 0 Å². The standard InChI is InChI=1S/C8H7BrN2/c1-6-10-5-8-7(9)3-2-4-11(6)8/h2-5H,1H3. The lowest BCUT2D eigenvalue weighted by Crippen LogP contribution is -1.85. The zero-order chi connectivity index (χ0) is 7.84. The van der Waals surface area contributed by atoms with Crippen LogP contribution in [0.2, 0.25) is 0 Å². The molecule has 0 spiro atoms. The first-order chi connectivity index (χ1) is 5.29. The van der Waals surface area contributed by atoms with Gasteiger partial charge < -0.3 is 4.40 Å². The molecule has 0 aliphatic heterocycles. The lowest BCUT2D eigenvalue weighted by Gasteiger charge is -1.95. The van der Waals surface area contributed by atoms with Gasteiger partial charge in [0.2, 0.25) is 0 Å². The van der Waals surface area contributed by atoms with Gasteiger partial charge in [-0.1, -0.05) is 0 Å². The fraction of sp³-hybridized carbons (Fsp3) is 0.125. The van der Waals surface area contributed by atoms with Gasteiger partial charge in [0.15, 0.2) is 0 Å². The second-order valence-corrected chi connectivity index (χ2v) is 3.27. The Morgan fingerprint density at radius 3 is 3.09 bits per heavy atom. The van der Waals surface area contributed by atoms with Crippen LogP contribution in [-0.4, -0.2) is 9.38 Å². The van der Waals surface area contributed by atoms with Gasteiger partial charge in [0, 0.05) is 10.7 Å². The van der Waals surface area contributed by atoms with Crippen LogP contribution < -0.4 is 0 Å². The van der Waals surface area contributed by atoms with Gasteiger partial charge in [0.05, 0.1) is 11.7 Å². The number of imidazole rings is 1. The van der Waals surface area contributed by atoms with E-state index < -0.39 is 0 Å². The van der Waals surface area contributed by atoms with Crippen LogP contribution in [0.5, 0.6) is 0 Å². The molecular formula is C8H7BrN2. The highest BCUT2D eigenvalue weighted by Gasteiger charge is 1.99. The summed E-state index contributed by atoms with van der Waals surface area (Å²) in [5.74, 6) is 1.02. The second kappa shape index (κ2) is 2.34. The molecule has 0 unspecified atom stereocenters. The van der Waals surface area contributed by atoms with Crippen molar-refractivity contribution in [3.05, 3.63) is 34.8 Å². The fourth-order valence-corrected chi connectivity index (χ4v) is 1.56. The Hall–Kier alpha value is -0.830. The van der Waals surface area contributed by atoms with Gasteiger partial charge in [0.1, 0.15) is 5.82 Å². The molecule has 2 heterocycles. The highest BCUT2D eigenvalue weighted by Crippen LogP contribution is 2.17. The van der Waals surface area contributed by atoms with Crippen molar-refractivity contribution in [2.75, 3.05) is 0 Å². The van der Waals surface area contributed by atoms with E-state index in [4.69, 9.17) is 0 Å². The van der Waals surface area contributed by atoms with Gasteiger partial charge in [-0.05, 0) is 35.0 Å². The molecule has 2 nitrogen and oxygen atoms in total. The lowest BCUT2D eigenvalue weighted by molar-refractivity contribution is 1.04. The first-order valence-electron chi connectivity index (χ1n) is 3.37. The van der Waals surface area contributed by atoms with E-state index in [2.05, 4.69) is 20.9 Å². The predicted molar refractivity (Wildman–Crippen MR) is 47.6 cm³/mol. The zero-order valence-electron chi connectivity index (χ0n) is 6.08. The van der Waals surface area contributed by atoms with Gasteiger partial charge in [0.25, 0.3) is 0 Å². The van der Waals surface area contributed by atoms with Crippen LogP contribution in [-0.2, 0) is 0 Å². The molecule has 2 rings (SSSR count). The molecule has 0 fully saturated rings. The number of hydrogen-bond donors (Lipinski definition) is 0. The molecule has 0 radical (unpaired) electrons. The first kappa shape index (κ1) is 6.85. The van der Waals surface area contributed by atoms with Crippen molar-refractivity contribution in [2.45, 2.75) is 6.92 Å². The largest absolute Gasteiger partial charge is 0.303 e. The van der Waals surface area contributed by atoms with Crippen LogP contribution in [0.1, 0.15) is 5.82 Å². The van der Waals surface area contributed by atoms with Crippen LogP contribution in [0.15, 0.2) is 29.0 Å². The Morgan fingerprint density at radius 1 is 1.55 bits per heavy atom. The van der Waals surface area contributed by atoms with Gasteiger partial charge in [-0.2, -0.15) is 0 Å². The summed E-state index contributed by atoms with van der Waals surface area (Å²) in [7, 11) is 0. The minimum atomic E-state index is 1.02. The monoisotopic (exact) mass is 210 g/mol. The van der Waals surface area contributed by atoms with E-state index >= 15 is 0 Å². The Morgan fingerprint density at radius 2 is 2.36 bits per heavy atom. The number of pyridine rings is 1. The smallest absolute Gasteiger partial charge is 0.110 e. The number of aryl methyl sites for hydroxylation is 1. The van der Waals surface area contributed by atoms with Gasteiger partial charge >= 0.3 is 0 Å². The van der Waals surface area contributed by atoms with E-state index in [0.717, 1.165) is 15.8 Å². The SMILES string of the molecule is Cc1ncc2c(Br)cccn12. The summed E-state index contributed by atoms with van der Waals surface area (Å²) in [6, 6.07) is 4.00. The van der Waals surface area contributed by atoms with E-state index in [1.807, 2.05) is 35.9 Å². The van der Waals surface area contributed by atoms with E-state index in [-0.39, 0.29) is 0 Å². The van der Waals surface area contributed by atoms with E-state index in [1.165, 1.54) is 0 Å². The van der Waals surface area contributed by atoms with Crippen molar-refractivity contribution in [3.8, 4) is 0 Å². The minimum Gasteiger partial charge on any atom is -0.303 e. The van der Waals surface area contributed by atoms with E-state index in [1.54, 1.807) is 0 Å². The third-order valence-electron chi connectivity index (χ3n) is 1.70. The second-order valence-electron chi connectivity index (χ2n) is 2.42. The summed E-state index contributed by atoms with van der Waals surface area (Å²) in [5, 5.41) is 0. The summed E-state index contributed by atoms with van der Waals surface area (Å²) in [6.07, 6.45) is 3.86. The van der Waals surface area contributed by atoms with Crippen LogP contribution in [0.4, 0.5) is 0 Å². The summed E-state index contributed by atoms with van der Waals surface area (Å²) in [4.78, 5) is 4.19. The molecule has 11 heavy (non-hydrogen) atoms. The number of rotatable bonds is 0. The average molecular weight is 211 g/mol. The highest BCUT2D eigenvalue weighted by atomic mass is 79.9. The van der Waals surface area contributed by atoms with Gasteiger partial charge in [-0.3, -0.25) is 0 Å². The molecule has 56 valence electrons. The molecular weight excluding hydrogens is 204 g/mol. The third-order valence-corrected chi connectivity index (χ3v) is 2.37. The minimum absolute atomic E-state index is 1.02. The molecule has 0 aliphatic rings. The molecule has 0 amide bonds. The number of aromatic nitrogens is 2. The Balaban J connectivity index is 2.94. The molecule has 0 aliphatic carbocycles. The summed E-state index contributed by atoms with van der Waals surface area (Å²) < 4.78 is 3.13. The van der Waals surface area contributed by atoms with Crippen LogP contribution in [0.25, 0.3) is 5.52 Å². The topological polar surface area (TPSA) is 17.3 Å². The summed E-state index contributed by atoms with van der Waals surface area (Å²) in [5.41, 5.74) is 1.12. The molecule has 0 saturated heterocycles. The maximum Gasteiger partial charge on any atom is 0.110 e. The molecule has 0 aromatic carbocycles. The molecule has 0 saturated carbocycles. The molecule has 3 heteroatoms. The van der Waals surface area contributed by atoms with Crippen LogP contribution in [0.3, 0.4) is 0 Å². The normalized spacial score (nSPS) is 10.7. The maximum absolute atomic E-state index is 4.19. The van der Waals surface area contributed by atoms with Gasteiger partial charge in [-0.15, -0.1) is 0 Å². The van der Waals surface area contributed by atoms with Crippen molar-refractivity contribution in [2.24, 2.45) is 0 Å². The molecule has 2 aromatic rings. The first-order valence-corrected chi connectivity index (χ1v) is 4.16. The third kappa shape index (κ3) is 0.959. The molecule has 0 N–H and O–H groups in total. The quantitative estimate of drug-likeness (QED) is 0.653. The lowest BCUT2D eigenvalue weighted by atomic mass is 10.4. The highest BCUT2D eigenvalue weighted by molar-refractivity contribution is 9.10. The number of nitrogens with zero attached hydrogens (tertiary/aromatic N) is 2. The maximum atomic E-state index is 4.19. The van der Waals surface area contributed by atoms with Crippen molar-refractivity contribution in [1.82, 2.24) is 9.38 Å². The van der Waals surface area contributed by atoms with Crippen molar-refractivity contribution < 1.29 is 0 Å². The average Bonchev–Trinajstić information content (AvgIpc) is 2.35. The summed E-state index contributed by atoms with van der Waals surface area (Å²) >= 11 is 3.45.